The molecule has 0 aliphatic heterocycles. The van der Waals surface area contributed by atoms with Crippen molar-refractivity contribution in [1.29, 1.82) is 0 Å². The van der Waals surface area contributed by atoms with Gasteiger partial charge in [0, 0.05) is 30.3 Å². The van der Waals surface area contributed by atoms with Gasteiger partial charge >= 0.3 is 0 Å². The van der Waals surface area contributed by atoms with Crippen molar-refractivity contribution < 1.29 is 0 Å². The fourth-order valence-corrected chi connectivity index (χ4v) is 1.43. The third kappa shape index (κ3) is 2.10. The van der Waals surface area contributed by atoms with Gasteiger partial charge in [-0.1, -0.05) is 6.07 Å². The predicted octanol–water partition coefficient (Wildman–Crippen LogP) is 2.23. The van der Waals surface area contributed by atoms with E-state index in [1.54, 1.807) is 6.20 Å². The quantitative estimate of drug-likeness (QED) is 0.750. The van der Waals surface area contributed by atoms with E-state index in [9.17, 15) is 0 Å². The largest absolute Gasteiger partial charge is 0.399 e. The molecule has 4 nitrogen and oxygen atoms in total. The van der Waals surface area contributed by atoms with Crippen molar-refractivity contribution in [2.24, 2.45) is 0 Å². The molecule has 0 aliphatic rings. The average Bonchev–Trinajstić information content (AvgIpc) is 2.65. The van der Waals surface area contributed by atoms with Crippen LogP contribution in [0.3, 0.4) is 0 Å². The summed E-state index contributed by atoms with van der Waals surface area (Å²) in [6.07, 6.45) is 3.72. The van der Waals surface area contributed by atoms with E-state index in [0.29, 0.717) is 0 Å². The molecule has 0 atom stereocenters. The van der Waals surface area contributed by atoms with Gasteiger partial charge in [-0.2, -0.15) is 0 Å². The molecule has 78 valence electrons. The molecule has 2 aromatic rings. The Balaban J connectivity index is 2.22. The van der Waals surface area contributed by atoms with Gasteiger partial charge in [-0.3, -0.25) is 0 Å². The highest BCUT2D eigenvalue weighted by Gasteiger charge is 2.00. The molecule has 1 aromatic carbocycles. The molecule has 0 amide bonds. The van der Waals surface area contributed by atoms with Crippen LogP contribution in [0.2, 0.25) is 0 Å². The number of benzene rings is 1. The fourth-order valence-electron chi connectivity index (χ4n) is 1.43. The third-order valence-electron chi connectivity index (χ3n) is 2.20. The van der Waals surface area contributed by atoms with Crippen molar-refractivity contribution in [3.05, 3.63) is 36.7 Å². The first kappa shape index (κ1) is 9.58. The number of nitrogen functional groups attached to an aromatic ring is 1. The predicted molar refractivity (Wildman–Crippen MR) is 62.0 cm³/mol. The van der Waals surface area contributed by atoms with E-state index in [4.69, 9.17) is 5.73 Å². The van der Waals surface area contributed by atoms with Crippen LogP contribution in [-0.4, -0.2) is 9.55 Å². The molecule has 1 aromatic heterocycles. The highest BCUT2D eigenvalue weighted by atomic mass is 15.2. The molecule has 0 unspecified atom stereocenters. The lowest BCUT2D eigenvalue weighted by atomic mass is 10.3. The number of imidazole rings is 1. The molecule has 0 saturated heterocycles. The lowest BCUT2D eigenvalue weighted by Crippen LogP contribution is -2.01. The first-order chi connectivity index (χ1) is 7.29. The molecule has 0 fully saturated rings. The van der Waals surface area contributed by atoms with Gasteiger partial charge in [0.2, 0.25) is 5.95 Å². The molecule has 3 N–H and O–H groups in total. The molecule has 1 heterocycles. The monoisotopic (exact) mass is 202 g/mol. The fraction of sp³-hybridized carbons (Fsp3) is 0.182. The zero-order valence-electron chi connectivity index (χ0n) is 8.64. The Labute approximate surface area is 88.7 Å². The van der Waals surface area contributed by atoms with Gasteiger partial charge in [0.05, 0.1) is 0 Å². The molecule has 4 heteroatoms. The first-order valence-corrected chi connectivity index (χ1v) is 4.93. The molecule has 0 spiro atoms. The number of nitrogens with one attached hydrogen (secondary N) is 1. The zero-order chi connectivity index (χ0) is 10.7. The van der Waals surface area contributed by atoms with Crippen LogP contribution in [0.4, 0.5) is 17.3 Å². The van der Waals surface area contributed by atoms with Crippen LogP contribution < -0.4 is 11.1 Å². The van der Waals surface area contributed by atoms with E-state index in [-0.39, 0.29) is 0 Å². The highest BCUT2D eigenvalue weighted by Crippen LogP contribution is 2.17. The van der Waals surface area contributed by atoms with Gasteiger partial charge in [0.1, 0.15) is 0 Å². The van der Waals surface area contributed by atoms with Gasteiger partial charge in [0.15, 0.2) is 0 Å². The van der Waals surface area contributed by atoms with E-state index < -0.39 is 0 Å². The number of rotatable bonds is 3. The lowest BCUT2D eigenvalue weighted by Gasteiger charge is -2.07. The third-order valence-corrected chi connectivity index (χ3v) is 2.20. The topological polar surface area (TPSA) is 55.9 Å². The highest BCUT2D eigenvalue weighted by molar-refractivity contribution is 5.59. The Kier molecular flexibility index (Phi) is 2.58. The second-order valence-corrected chi connectivity index (χ2v) is 3.29. The first-order valence-electron chi connectivity index (χ1n) is 4.93. The van der Waals surface area contributed by atoms with Gasteiger partial charge in [0.25, 0.3) is 0 Å². The Morgan fingerprint density at radius 3 is 3.07 bits per heavy atom. The summed E-state index contributed by atoms with van der Waals surface area (Å²) in [5.74, 6) is 0.836. The van der Waals surface area contributed by atoms with Gasteiger partial charge < -0.3 is 15.6 Å². The minimum Gasteiger partial charge on any atom is -0.399 e. The maximum Gasteiger partial charge on any atom is 0.207 e. The van der Waals surface area contributed by atoms with E-state index >= 15 is 0 Å². The number of nitrogens with two attached hydrogens (primary N) is 1. The smallest absolute Gasteiger partial charge is 0.207 e. The summed E-state index contributed by atoms with van der Waals surface area (Å²) in [5.41, 5.74) is 7.39. The molecule has 15 heavy (non-hydrogen) atoms. The Morgan fingerprint density at radius 2 is 2.33 bits per heavy atom. The molecular weight excluding hydrogens is 188 g/mol. The van der Waals surface area contributed by atoms with E-state index in [0.717, 1.165) is 23.9 Å². The molecule has 0 bridgehead atoms. The van der Waals surface area contributed by atoms with E-state index in [1.165, 1.54) is 0 Å². The summed E-state index contributed by atoms with van der Waals surface area (Å²) >= 11 is 0. The van der Waals surface area contributed by atoms with Crippen LogP contribution in [0, 0.1) is 0 Å². The molecular formula is C11H14N4. The van der Waals surface area contributed by atoms with Gasteiger partial charge in [-0.05, 0) is 25.1 Å². The minimum absolute atomic E-state index is 0.745. The summed E-state index contributed by atoms with van der Waals surface area (Å²) in [6.45, 7) is 2.97. The normalized spacial score (nSPS) is 10.2. The average molecular weight is 202 g/mol. The Hall–Kier alpha value is -1.97. The van der Waals surface area contributed by atoms with Crippen molar-refractivity contribution >= 4 is 17.3 Å². The van der Waals surface area contributed by atoms with Crippen molar-refractivity contribution in [3.63, 3.8) is 0 Å². The van der Waals surface area contributed by atoms with Crippen molar-refractivity contribution in [1.82, 2.24) is 9.55 Å². The van der Waals surface area contributed by atoms with E-state index in [1.807, 2.05) is 35.0 Å². The number of aryl methyl sites for hydroxylation is 1. The van der Waals surface area contributed by atoms with Crippen molar-refractivity contribution in [2.75, 3.05) is 11.1 Å². The SMILES string of the molecule is CCn1ccnc1Nc1cccc(N)c1. The summed E-state index contributed by atoms with van der Waals surface area (Å²) in [6, 6.07) is 7.62. The maximum atomic E-state index is 5.69. The van der Waals surface area contributed by atoms with Crippen LogP contribution in [0.5, 0.6) is 0 Å². The van der Waals surface area contributed by atoms with Crippen LogP contribution >= 0.6 is 0 Å². The summed E-state index contributed by atoms with van der Waals surface area (Å²) in [7, 11) is 0. The minimum atomic E-state index is 0.745. The number of aromatic nitrogens is 2. The van der Waals surface area contributed by atoms with Gasteiger partial charge in [-0.25, -0.2) is 4.98 Å². The van der Waals surface area contributed by atoms with E-state index in [2.05, 4.69) is 17.2 Å². The molecule has 0 radical (unpaired) electrons. The van der Waals surface area contributed by atoms with Crippen LogP contribution in [0.1, 0.15) is 6.92 Å². The number of anilines is 3. The lowest BCUT2D eigenvalue weighted by molar-refractivity contribution is 0.772. The van der Waals surface area contributed by atoms with Crippen molar-refractivity contribution in [2.45, 2.75) is 13.5 Å². The number of hydrogen-bond donors (Lipinski definition) is 2. The molecule has 0 aliphatic carbocycles. The molecule has 2 rings (SSSR count). The molecule has 0 saturated carbocycles. The zero-order valence-corrected chi connectivity index (χ0v) is 8.64. The summed E-state index contributed by atoms with van der Waals surface area (Å²) < 4.78 is 2.03. The standard InChI is InChI=1S/C11H14N4/c1-2-15-7-6-13-11(15)14-10-5-3-4-9(12)8-10/h3-8H,2,12H2,1H3,(H,13,14). The number of hydrogen-bond acceptors (Lipinski definition) is 3. The summed E-state index contributed by atoms with van der Waals surface area (Å²) in [5, 5.41) is 3.22. The van der Waals surface area contributed by atoms with Crippen LogP contribution in [0.15, 0.2) is 36.7 Å². The van der Waals surface area contributed by atoms with Gasteiger partial charge in [-0.15, -0.1) is 0 Å². The second-order valence-electron chi connectivity index (χ2n) is 3.29. The van der Waals surface area contributed by atoms with Crippen molar-refractivity contribution in [3.8, 4) is 0 Å². The Morgan fingerprint density at radius 1 is 1.47 bits per heavy atom. The summed E-state index contributed by atoms with van der Waals surface area (Å²) in [4.78, 5) is 4.22. The van der Waals surface area contributed by atoms with Crippen LogP contribution in [-0.2, 0) is 6.54 Å². The number of nitrogens with zero attached hydrogens (tertiary/aromatic N) is 2. The second kappa shape index (κ2) is 4.04. The maximum absolute atomic E-state index is 5.69. The Bertz CT molecular complexity index is 447. The van der Waals surface area contributed by atoms with Crippen LogP contribution in [0.25, 0.3) is 0 Å².